The van der Waals surface area contributed by atoms with Crippen LogP contribution in [-0.4, -0.2) is 29.1 Å². The fourth-order valence-corrected chi connectivity index (χ4v) is 2.68. The van der Waals surface area contributed by atoms with E-state index in [2.05, 4.69) is 5.32 Å². The summed E-state index contributed by atoms with van der Waals surface area (Å²) in [5.41, 5.74) is 3.86. The molecule has 1 aliphatic rings. The van der Waals surface area contributed by atoms with Crippen molar-refractivity contribution < 1.29 is 14.7 Å². The number of carbonyl (C=O) groups is 2. The molecule has 3 atom stereocenters. The lowest BCUT2D eigenvalue weighted by molar-refractivity contribution is -0.151. The number of hydrogen-bond donors (Lipinski definition) is 3. The van der Waals surface area contributed by atoms with E-state index >= 15 is 0 Å². The van der Waals surface area contributed by atoms with E-state index in [0.717, 1.165) is 12.8 Å². The van der Waals surface area contributed by atoms with Crippen molar-refractivity contribution in [3.8, 4) is 0 Å². The maximum Gasteiger partial charge on any atom is 0.329 e. The molecule has 0 spiro atoms. The Bertz CT molecular complexity index is 353. The maximum absolute atomic E-state index is 12.4. The lowest BCUT2D eigenvalue weighted by Gasteiger charge is -2.39. The number of rotatable bonds is 5. The third-order valence-electron chi connectivity index (χ3n) is 4.54. The predicted molar refractivity (Wildman–Crippen MR) is 73.6 cm³/mol. The van der Waals surface area contributed by atoms with Gasteiger partial charge >= 0.3 is 5.97 Å². The number of nitrogens with two attached hydrogens (primary N) is 1. The van der Waals surface area contributed by atoms with E-state index in [9.17, 15) is 14.7 Å². The van der Waals surface area contributed by atoms with Crippen LogP contribution in [0.15, 0.2) is 0 Å². The van der Waals surface area contributed by atoms with Crippen LogP contribution < -0.4 is 11.1 Å². The van der Waals surface area contributed by atoms with Gasteiger partial charge in [0.05, 0.1) is 5.41 Å². The number of carbonyl (C=O) groups excluding carboxylic acids is 1. The molecule has 110 valence electrons. The molecular formula is C14H26N2O3. The summed E-state index contributed by atoms with van der Waals surface area (Å²) in [5.74, 6) is -0.854. The van der Waals surface area contributed by atoms with E-state index in [4.69, 9.17) is 5.73 Å². The summed E-state index contributed by atoms with van der Waals surface area (Å²) in [6, 6.07) is 0. The number of amides is 1. The first-order valence-electron chi connectivity index (χ1n) is 7.06. The number of nitrogens with one attached hydrogen (secondary N) is 1. The number of carboxylic acid groups (broad SMARTS) is 1. The summed E-state index contributed by atoms with van der Waals surface area (Å²) in [7, 11) is 0. The standard InChI is InChI=1S/C14H26N2O3/c1-4-13(3,9-15)11(17)16-14(12(18)19)7-5-6-10(2)8-14/h10H,4-9,15H2,1-3H3,(H,16,17)(H,18,19). The summed E-state index contributed by atoms with van der Waals surface area (Å²) < 4.78 is 0. The smallest absolute Gasteiger partial charge is 0.329 e. The van der Waals surface area contributed by atoms with Crippen LogP contribution in [0, 0.1) is 11.3 Å². The van der Waals surface area contributed by atoms with Gasteiger partial charge in [0, 0.05) is 6.54 Å². The highest BCUT2D eigenvalue weighted by atomic mass is 16.4. The SMILES string of the molecule is CCC(C)(CN)C(=O)NC1(C(=O)O)CCCC(C)C1. The highest BCUT2D eigenvalue weighted by Gasteiger charge is 2.45. The maximum atomic E-state index is 12.4. The van der Waals surface area contributed by atoms with Gasteiger partial charge in [-0.25, -0.2) is 4.79 Å². The lowest BCUT2D eigenvalue weighted by atomic mass is 9.75. The Balaban J connectivity index is 2.91. The van der Waals surface area contributed by atoms with Gasteiger partial charge in [-0.1, -0.05) is 26.7 Å². The molecular weight excluding hydrogens is 244 g/mol. The molecule has 1 rings (SSSR count). The molecule has 1 fully saturated rings. The topological polar surface area (TPSA) is 92.4 Å². The van der Waals surface area contributed by atoms with Gasteiger partial charge in [0.1, 0.15) is 5.54 Å². The summed E-state index contributed by atoms with van der Waals surface area (Å²) >= 11 is 0. The molecule has 0 aliphatic heterocycles. The van der Waals surface area contributed by atoms with Gasteiger partial charge in [0.25, 0.3) is 0 Å². The van der Waals surface area contributed by atoms with Crippen LogP contribution in [0.2, 0.25) is 0 Å². The largest absolute Gasteiger partial charge is 0.480 e. The molecule has 0 aromatic carbocycles. The zero-order chi connectivity index (χ0) is 14.7. The molecule has 0 saturated heterocycles. The third-order valence-corrected chi connectivity index (χ3v) is 4.54. The molecule has 0 heterocycles. The van der Waals surface area contributed by atoms with Crippen molar-refractivity contribution in [3.63, 3.8) is 0 Å². The minimum absolute atomic E-state index is 0.223. The quantitative estimate of drug-likeness (QED) is 0.706. The molecule has 1 amide bonds. The van der Waals surface area contributed by atoms with E-state index in [1.807, 2.05) is 13.8 Å². The minimum Gasteiger partial charge on any atom is -0.480 e. The first kappa shape index (κ1) is 16.0. The van der Waals surface area contributed by atoms with Crippen LogP contribution in [0.25, 0.3) is 0 Å². The molecule has 19 heavy (non-hydrogen) atoms. The fraction of sp³-hybridized carbons (Fsp3) is 0.857. The van der Waals surface area contributed by atoms with Crippen LogP contribution >= 0.6 is 0 Å². The average molecular weight is 270 g/mol. The van der Waals surface area contributed by atoms with Crippen LogP contribution in [-0.2, 0) is 9.59 Å². The number of hydrogen-bond acceptors (Lipinski definition) is 3. The van der Waals surface area contributed by atoms with Gasteiger partial charge in [-0.05, 0) is 32.1 Å². The summed E-state index contributed by atoms with van der Waals surface area (Å²) in [4.78, 5) is 24.0. The van der Waals surface area contributed by atoms with Crippen LogP contribution in [0.4, 0.5) is 0 Å². The van der Waals surface area contributed by atoms with Crippen molar-refractivity contribution in [1.82, 2.24) is 5.32 Å². The van der Waals surface area contributed by atoms with E-state index in [1.54, 1.807) is 6.92 Å². The molecule has 5 nitrogen and oxygen atoms in total. The van der Waals surface area contributed by atoms with Gasteiger partial charge in [-0.15, -0.1) is 0 Å². The van der Waals surface area contributed by atoms with Crippen LogP contribution in [0.1, 0.15) is 52.9 Å². The lowest BCUT2D eigenvalue weighted by Crippen LogP contribution is -2.60. The number of aliphatic carboxylic acids is 1. The van der Waals surface area contributed by atoms with Crippen molar-refractivity contribution in [1.29, 1.82) is 0 Å². The Morgan fingerprint density at radius 2 is 2.16 bits per heavy atom. The Kier molecular flexibility index (Phi) is 4.96. The normalized spacial score (nSPS) is 30.4. The van der Waals surface area contributed by atoms with Gasteiger partial charge < -0.3 is 16.2 Å². The predicted octanol–water partition coefficient (Wildman–Crippen LogP) is 1.51. The molecule has 5 heteroatoms. The summed E-state index contributed by atoms with van der Waals surface area (Å²) in [5, 5.41) is 12.3. The van der Waals surface area contributed by atoms with Crippen molar-refractivity contribution in [2.45, 2.75) is 58.4 Å². The third kappa shape index (κ3) is 3.26. The monoisotopic (exact) mass is 270 g/mol. The second kappa shape index (κ2) is 5.90. The van der Waals surface area contributed by atoms with Crippen molar-refractivity contribution >= 4 is 11.9 Å². The molecule has 0 aromatic heterocycles. The zero-order valence-electron chi connectivity index (χ0n) is 12.2. The minimum atomic E-state index is -1.11. The Morgan fingerprint density at radius 1 is 1.53 bits per heavy atom. The highest BCUT2D eigenvalue weighted by molar-refractivity contribution is 5.90. The number of carboxylic acids is 1. The molecule has 0 bridgehead atoms. The molecule has 0 aromatic rings. The molecule has 4 N–H and O–H groups in total. The van der Waals surface area contributed by atoms with E-state index in [-0.39, 0.29) is 12.5 Å². The molecule has 0 radical (unpaired) electrons. The molecule has 3 unspecified atom stereocenters. The summed E-state index contributed by atoms with van der Waals surface area (Å²) in [6.07, 6.45) is 3.45. The fourth-order valence-electron chi connectivity index (χ4n) is 2.68. The Hall–Kier alpha value is -1.10. The van der Waals surface area contributed by atoms with Crippen LogP contribution in [0.3, 0.4) is 0 Å². The van der Waals surface area contributed by atoms with Gasteiger partial charge in [-0.2, -0.15) is 0 Å². The average Bonchev–Trinajstić information content (AvgIpc) is 2.37. The Labute approximate surface area is 114 Å². The van der Waals surface area contributed by atoms with E-state index < -0.39 is 16.9 Å². The van der Waals surface area contributed by atoms with Gasteiger partial charge in [0.15, 0.2) is 0 Å². The van der Waals surface area contributed by atoms with Crippen LogP contribution in [0.5, 0.6) is 0 Å². The van der Waals surface area contributed by atoms with Crippen molar-refractivity contribution in [2.24, 2.45) is 17.1 Å². The van der Waals surface area contributed by atoms with E-state index in [1.165, 1.54) is 0 Å². The second-order valence-electron chi connectivity index (χ2n) is 6.16. The second-order valence-corrected chi connectivity index (χ2v) is 6.16. The Morgan fingerprint density at radius 3 is 2.58 bits per heavy atom. The highest BCUT2D eigenvalue weighted by Crippen LogP contribution is 2.34. The molecule has 1 aliphatic carbocycles. The van der Waals surface area contributed by atoms with Crippen molar-refractivity contribution in [3.05, 3.63) is 0 Å². The van der Waals surface area contributed by atoms with E-state index in [0.29, 0.717) is 25.2 Å². The first-order valence-corrected chi connectivity index (χ1v) is 7.06. The van der Waals surface area contributed by atoms with Crippen molar-refractivity contribution in [2.75, 3.05) is 6.54 Å². The van der Waals surface area contributed by atoms with Gasteiger partial charge in [-0.3, -0.25) is 4.79 Å². The molecule has 1 saturated carbocycles. The zero-order valence-corrected chi connectivity index (χ0v) is 12.2. The van der Waals surface area contributed by atoms with Gasteiger partial charge in [0.2, 0.25) is 5.91 Å². The summed E-state index contributed by atoms with van der Waals surface area (Å²) in [6.45, 7) is 5.93. The first-order chi connectivity index (χ1) is 8.79.